The molecule has 2 N–H and O–H groups in total. The summed E-state index contributed by atoms with van der Waals surface area (Å²) in [5.41, 5.74) is 1.12. The summed E-state index contributed by atoms with van der Waals surface area (Å²) in [5.74, 6) is 0.612. The molecule has 9 heteroatoms. The lowest BCUT2D eigenvalue weighted by Crippen LogP contribution is -2.48. The number of nitrogens with one attached hydrogen (secondary N) is 2. The van der Waals surface area contributed by atoms with Crippen LogP contribution in [-0.4, -0.2) is 39.2 Å². The smallest absolute Gasteiger partial charge is 0.246 e. The van der Waals surface area contributed by atoms with Gasteiger partial charge >= 0.3 is 0 Å². The van der Waals surface area contributed by atoms with Gasteiger partial charge in [0.05, 0.1) is 13.2 Å². The minimum absolute atomic E-state index is 0.0246. The topological polar surface area (TPSA) is 111 Å². The Balaban J connectivity index is 1.72. The van der Waals surface area contributed by atoms with E-state index in [1.54, 1.807) is 14.0 Å². The van der Waals surface area contributed by atoms with Crippen LogP contribution in [-0.2, 0) is 20.2 Å². The predicted octanol–water partition coefficient (Wildman–Crippen LogP) is 2.60. The van der Waals surface area contributed by atoms with Crippen molar-refractivity contribution in [2.45, 2.75) is 62.8 Å². The van der Waals surface area contributed by atoms with Crippen LogP contribution in [0.25, 0.3) is 0 Å². The number of aryl methyl sites for hydroxylation is 2. The van der Waals surface area contributed by atoms with E-state index in [9.17, 15) is 13.2 Å². The van der Waals surface area contributed by atoms with Crippen molar-refractivity contribution in [2.24, 2.45) is 0 Å². The summed E-state index contributed by atoms with van der Waals surface area (Å²) in [6.45, 7) is 5.02. The lowest BCUT2D eigenvalue weighted by Gasteiger charge is -2.32. The number of methoxy groups -OCH3 is 1. The molecule has 1 aliphatic rings. The Labute approximate surface area is 177 Å². The zero-order chi connectivity index (χ0) is 21.9. The van der Waals surface area contributed by atoms with E-state index in [0.29, 0.717) is 6.54 Å². The van der Waals surface area contributed by atoms with Crippen LogP contribution in [0.4, 0.5) is 0 Å². The van der Waals surface area contributed by atoms with Gasteiger partial charge < -0.3 is 14.6 Å². The predicted molar refractivity (Wildman–Crippen MR) is 112 cm³/mol. The first-order chi connectivity index (χ1) is 14.2. The number of para-hydroxylation sites is 1. The number of rotatable bonds is 8. The van der Waals surface area contributed by atoms with Gasteiger partial charge in [0, 0.05) is 17.5 Å². The number of carbonyl (C=O) groups is 1. The van der Waals surface area contributed by atoms with Gasteiger partial charge in [0.25, 0.3) is 0 Å². The molecule has 2 aromatic rings. The van der Waals surface area contributed by atoms with Crippen molar-refractivity contribution in [1.29, 1.82) is 0 Å². The summed E-state index contributed by atoms with van der Waals surface area (Å²) in [5, 5.41) is 6.63. The standard InChI is InChI=1S/C21H29N3O5S/c1-14-19(16(3)29-23-14)30(26,27)24-15(2)20(25)22-13-21(11-7-8-12-21)17-9-5-6-10-18(17)28-4/h5-6,9-10,15,24H,7-8,11-13H2,1-4H3,(H,22,25)/t15-/m0/s1. The van der Waals surface area contributed by atoms with Gasteiger partial charge in [-0.1, -0.05) is 36.2 Å². The van der Waals surface area contributed by atoms with Crippen LogP contribution in [0.1, 0.15) is 49.6 Å². The first kappa shape index (κ1) is 22.3. The van der Waals surface area contributed by atoms with E-state index >= 15 is 0 Å². The molecule has 30 heavy (non-hydrogen) atoms. The van der Waals surface area contributed by atoms with Crippen LogP contribution >= 0.6 is 0 Å². The molecule has 0 saturated heterocycles. The number of aromatic nitrogens is 1. The zero-order valence-electron chi connectivity index (χ0n) is 17.8. The van der Waals surface area contributed by atoms with E-state index in [-0.39, 0.29) is 27.7 Å². The Morgan fingerprint density at radius 3 is 2.53 bits per heavy atom. The van der Waals surface area contributed by atoms with E-state index in [1.165, 1.54) is 13.8 Å². The number of hydrogen-bond donors (Lipinski definition) is 2. The van der Waals surface area contributed by atoms with Crippen molar-refractivity contribution in [3.63, 3.8) is 0 Å². The number of benzene rings is 1. The number of amides is 1. The Morgan fingerprint density at radius 2 is 1.93 bits per heavy atom. The van der Waals surface area contributed by atoms with Crippen LogP contribution in [0, 0.1) is 13.8 Å². The fraction of sp³-hybridized carbons (Fsp3) is 0.524. The average molecular weight is 436 g/mol. The Bertz CT molecular complexity index is 990. The van der Waals surface area contributed by atoms with Crippen LogP contribution in [0.3, 0.4) is 0 Å². The molecule has 1 heterocycles. The highest BCUT2D eigenvalue weighted by molar-refractivity contribution is 7.89. The lowest BCUT2D eigenvalue weighted by molar-refractivity contribution is -0.122. The second kappa shape index (κ2) is 8.77. The summed E-state index contributed by atoms with van der Waals surface area (Å²) in [6.07, 6.45) is 4.02. The molecule has 1 aliphatic carbocycles. The Hall–Kier alpha value is -2.39. The Kier molecular flexibility index (Phi) is 6.52. The summed E-state index contributed by atoms with van der Waals surface area (Å²) >= 11 is 0. The largest absolute Gasteiger partial charge is 0.496 e. The van der Waals surface area contributed by atoms with Gasteiger partial charge in [0.15, 0.2) is 5.76 Å². The molecule has 1 aromatic heterocycles. The highest BCUT2D eigenvalue weighted by Gasteiger charge is 2.38. The van der Waals surface area contributed by atoms with Crippen molar-refractivity contribution in [2.75, 3.05) is 13.7 Å². The lowest BCUT2D eigenvalue weighted by atomic mass is 9.78. The molecule has 0 radical (unpaired) electrons. The number of carbonyl (C=O) groups excluding carboxylic acids is 1. The van der Waals surface area contributed by atoms with Crippen molar-refractivity contribution in [3.8, 4) is 5.75 Å². The molecule has 1 fully saturated rings. The van der Waals surface area contributed by atoms with E-state index < -0.39 is 16.1 Å². The van der Waals surface area contributed by atoms with Gasteiger partial charge in [-0.25, -0.2) is 8.42 Å². The molecule has 0 aliphatic heterocycles. The molecule has 0 spiro atoms. The van der Waals surface area contributed by atoms with E-state index in [4.69, 9.17) is 9.26 Å². The maximum atomic E-state index is 12.7. The van der Waals surface area contributed by atoms with Gasteiger partial charge in [0.1, 0.15) is 16.3 Å². The minimum atomic E-state index is -3.93. The molecular weight excluding hydrogens is 406 g/mol. The summed E-state index contributed by atoms with van der Waals surface area (Å²) in [7, 11) is -2.28. The van der Waals surface area contributed by atoms with Crippen LogP contribution < -0.4 is 14.8 Å². The summed E-state index contributed by atoms with van der Waals surface area (Å²) in [4.78, 5) is 12.7. The maximum absolute atomic E-state index is 12.7. The fourth-order valence-corrected chi connectivity index (χ4v) is 5.82. The van der Waals surface area contributed by atoms with Crippen LogP contribution in [0.15, 0.2) is 33.7 Å². The fourth-order valence-electron chi connectivity index (χ4n) is 4.29. The normalized spacial score (nSPS) is 16.9. The van der Waals surface area contributed by atoms with Gasteiger partial charge in [-0.2, -0.15) is 4.72 Å². The molecule has 1 aromatic carbocycles. The van der Waals surface area contributed by atoms with Crippen LogP contribution in [0.5, 0.6) is 5.75 Å². The highest BCUT2D eigenvalue weighted by atomic mass is 32.2. The molecule has 164 valence electrons. The molecule has 3 rings (SSSR count). The van der Waals surface area contributed by atoms with E-state index in [1.807, 2.05) is 24.3 Å². The summed E-state index contributed by atoms with van der Waals surface area (Å²) in [6, 6.07) is 6.92. The van der Waals surface area contributed by atoms with E-state index in [0.717, 1.165) is 37.0 Å². The maximum Gasteiger partial charge on any atom is 0.246 e. The molecule has 1 atom stereocenters. The van der Waals surface area contributed by atoms with Gasteiger partial charge in [-0.05, 0) is 39.7 Å². The third kappa shape index (κ3) is 4.37. The zero-order valence-corrected chi connectivity index (χ0v) is 18.6. The minimum Gasteiger partial charge on any atom is -0.496 e. The third-order valence-corrected chi connectivity index (χ3v) is 7.59. The highest BCUT2D eigenvalue weighted by Crippen LogP contribution is 2.44. The monoisotopic (exact) mass is 435 g/mol. The second-order valence-electron chi connectivity index (χ2n) is 7.90. The molecule has 0 bridgehead atoms. The molecule has 8 nitrogen and oxygen atoms in total. The number of sulfonamides is 1. The summed E-state index contributed by atoms with van der Waals surface area (Å²) < 4.78 is 38.3. The van der Waals surface area contributed by atoms with Gasteiger partial charge in [0.2, 0.25) is 15.9 Å². The SMILES string of the molecule is COc1ccccc1C1(CNC(=O)[C@H](C)NS(=O)(=O)c2c(C)noc2C)CCCC1. The van der Waals surface area contributed by atoms with Crippen molar-refractivity contribution in [3.05, 3.63) is 41.3 Å². The van der Waals surface area contributed by atoms with Crippen molar-refractivity contribution >= 4 is 15.9 Å². The molecule has 1 amide bonds. The van der Waals surface area contributed by atoms with Crippen molar-refractivity contribution < 1.29 is 22.5 Å². The first-order valence-electron chi connectivity index (χ1n) is 10.1. The first-order valence-corrected chi connectivity index (χ1v) is 11.5. The molecular formula is C21H29N3O5S. The van der Waals surface area contributed by atoms with E-state index in [2.05, 4.69) is 15.2 Å². The number of nitrogens with zero attached hydrogens (tertiary/aromatic N) is 1. The van der Waals surface area contributed by atoms with Crippen molar-refractivity contribution in [1.82, 2.24) is 15.2 Å². The van der Waals surface area contributed by atoms with Gasteiger partial charge in [-0.15, -0.1) is 0 Å². The molecule has 1 saturated carbocycles. The quantitative estimate of drug-likeness (QED) is 0.659. The number of hydrogen-bond acceptors (Lipinski definition) is 6. The molecule has 0 unspecified atom stereocenters. The van der Waals surface area contributed by atoms with Gasteiger partial charge in [-0.3, -0.25) is 4.79 Å². The average Bonchev–Trinajstić information content (AvgIpc) is 3.33. The third-order valence-electron chi connectivity index (χ3n) is 5.80. The Morgan fingerprint density at radius 1 is 1.27 bits per heavy atom. The second-order valence-corrected chi connectivity index (χ2v) is 9.55. The van der Waals surface area contributed by atoms with Crippen LogP contribution in [0.2, 0.25) is 0 Å². The number of ether oxygens (including phenoxy) is 1.